The Morgan fingerprint density at radius 1 is 1.21 bits per heavy atom. The van der Waals surface area contributed by atoms with Crippen molar-refractivity contribution in [1.82, 2.24) is 14.9 Å². The molecule has 10 nitrogen and oxygen atoms in total. The summed E-state index contributed by atoms with van der Waals surface area (Å²) in [5, 5.41) is 5.25. The molecule has 2 heterocycles. The molecule has 0 radical (unpaired) electrons. The van der Waals surface area contributed by atoms with Crippen LogP contribution in [-0.4, -0.2) is 38.8 Å². The average Bonchev–Trinajstić information content (AvgIpc) is 2.69. The lowest BCUT2D eigenvalue weighted by Crippen LogP contribution is -2.45. The van der Waals surface area contributed by atoms with Gasteiger partial charge < -0.3 is 10.1 Å². The van der Waals surface area contributed by atoms with E-state index in [0.29, 0.717) is 23.4 Å². The zero-order valence-corrected chi connectivity index (χ0v) is 19.2. The SMILES string of the molecule is Cc1nc2c(NC(=O)CCCC(=O)OC(C)(C)C)cccc2c(=O)n1C1CCC(=O)NC1=O. The van der Waals surface area contributed by atoms with Gasteiger partial charge in [-0.2, -0.15) is 0 Å². The maximum Gasteiger partial charge on any atom is 0.306 e. The molecule has 2 aromatic rings. The Hall–Kier alpha value is -3.56. The zero-order valence-electron chi connectivity index (χ0n) is 19.2. The quantitative estimate of drug-likeness (QED) is 0.502. The van der Waals surface area contributed by atoms with Gasteiger partial charge in [0.1, 0.15) is 23.0 Å². The number of nitrogens with one attached hydrogen (secondary N) is 2. The van der Waals surface area contributed by atoms with Crippen LogP contribution in [0.3, 0.4) is 0 Å². The van der Waals surface area contributed by atoms with E-state index in [2.05, 4.69) is 15.6 Å². The minimum atomic E-state index is -0.821. The number of hydrogen-bond donors (Lipinski definition) is 2. The first-order valence-corrected chi connectivity index (χ1v) is 10.8. The van der Waals surface area contributed by atoms with Crippen LogP contribution >= 0.6 is 0 Å². The number of anilines is 1. The standard InChI is InChI=1S/C23H28N4O6/c1-13-24-20-14(22(32)27(13)16-11-12-18(29)26-21(16)31)7-5-8-15(20)25-17(28)9-6-10-19(30)33-23(2,3)4/h5,7-8,16H,6,9-12H2,1-4H3,(H,25,28)(H,26,29,31). The minimum Gasteiger partial charge on any atom is -0.460 e. The molecule has 0 spiro atoms. The van der Waals surface area contributed by atoms with Crippen LogP contribution in [0.5, 0.6) is 0 Å². The molecule has 0 bridgehead atoms. The Kier molecular flexibility index (Phi) is 6.95. The van der Waals surface area contributed by atoms with Crippen LogP contribution in [-0.2, 0) is 23.9 Å². The number of amides is 3. The van der Waals surface area contributed by atoms with Crippen molar-refractivity contribution in [3.63, 3.8) is 0 Å². The molecule has 1 saturated heterocycles. The Morgan fingerprint density at radius 3 is 2.61 bits per heavy atom. The monoisotopic (exact) mass is 456 g/mol. The van der Waals surface area contributed by atoms with Gasteiger partial charge >= 0.3 is 5.97 Å². The Labute approximate surface area is 190 Å². The second-order valence-corrected chi connectivity index (χ2v) is 8.99. The molecule has 0 saturated carbocycles. The first-order chi connectivity index (χ1) is 15.5. The molecule has 1 fully saturated rings. The third-order valence-electron chi connectivity index (χ3n) is 5.11. The largest absolute Gasteiger partial charge is 0.460 e. The van der Waals surface area contributed by atoms with E-state index in [1.54, 1.807) is 45.9 Å². The Bertz CT molecular complexity index is 1180. The van der Waals surface area contributed by atoms with E-state index < -0.39 is 23.1 Å². The van der Waals surface area contributed by atoms with Gasteiger partial charge in [-0.05, 0) is 52.7 Å². The van der Waals surface area contributed by atoms with Gasteiger partial charge in [-0.1, -0.05) is 6.07 Å². The molecule has 2 N–H and O–H groups in total. The number of esters is 1. The van der Waals surface area contributed by atoms with Crippen molar-refractivity contribution < 1.29 is 23.9 Å². The number of aromatic nitrogens is 2. The van der Waals surface area contributed by atoms with Crippen LogP contribution in [0.2, 0.25) is 0 Å². The van der Waals surface area contributed by atoms with E-state index >= 15 is 0 Å². The predicted octanol–water partition coefficient (Wildman–Crippen LogP) is 2.13. The summed E-state index contributed by atoms with van der Waals surface area (Å²) in [6.45, 7) is 6.94. The van der Waals surface area contributed by atoms with Gasteiger partial charge in [-0.15, -0.1) is 0 Å². The fraction of sp³-hybridized carbons (Fsp3) is 0.478. The number of aryl methyl sites for hydroxylation is 1. The summed E-state index contributed by atoms with van der Waals surface area (Å²) in [4.78, 5) is 65.6. The highest BCUT2D eigenvalue weighted by Gasteiger charge is 2.30. The maximum absolute atomic E-state index is 13.2. The fourth-order valence-electron chi connectivity index (χ4n) is 3.72. The predicted molar refractivity (Wildman–Crippen MR) is 120 cm³/mol. The molecule has 1 atom stereocenters. The summed E-state index contributed by atoms with van der Waals surface area (Å²) in [7, 11) is 0. The van der Waals surface area contributed by atoms with Gasteiger partial charge in [0.05, 0.1) is 11.1 Å². The first-order valence-electron chi connectivity index (χ1n) is 10.8. The summed E-state index contributed by atoms with van der Waals surface area (Å²) < 4.78 is 6.52. The molecule has 3 amide bonds. The molecule has 176 valence electrons. The van der Waals surface area contributed by atoms with Gasteiger partial charge in [-0.3, -0.25) is 33.9 Å². The summed E-state index contributed by atoms with van der Waals surface area (Å²) >= 11 is 0. The van der Waals surface area contributed by atoms with Crippen LogP contribution in [0, 0.1) is 6.92 Å². The number of ether oxygens (including phenoxy) is 1. The molecule has 1 aliphatic rings. The summed E-state index contributed by atoms with van der Waals surface area (Å²) in [6.07, 6.45) is 0.892. The van der Waals surface area contributed by atoms with Gasteiger partial charge in [0.25, 0.3) is 5.56 Å². The van der Waals surface area contributed by atoms with Crippen molar-refractivity contribution in [3.05, 3.63) is 34.4 Å². The highest BCUT2D eigenvalue weighted by atomic mass is 16.6. The van der Waals surface area contributed by atoms with E-state index in [0.717, 1.165) is 0 Å². The number of nitrogens with zero attached hydrogens (tertiary/aromatic N) is 2. The number of rotatable bonds is 6. The van der Waals surface area contributed by atoms with Crippen LogP contribution in [0.4, 0.5) is 5.69 Å². The molecule has 1 aromatic carbocycles. The number of para-hydroxylation sites is 1. The summed E-state index contributed by atoms with van der Waals surface area (Å²) in [5.41, 5.74) is -0.325. The minimum absolute atomic E-state index is 0.0992. The molecule has 1 aliphatic heterocycles. The topological polar surface area (TPSA) is 136 Å². The highest BCUT2D eigenvalue weighted by molar-refractivity contribution is 6.01. The molecule has 0 aliphatic carbocycles. The normalized spacial score (nSPS) is 16.4. The number of benzene rings is 1. The maximum atomic E-state index is 13.2. The van der Waals surface area contributed by atoms with Crippen LogP contribution in [0.15, 0.2) is 23.0 Å². The van der Waals surface area contributed by atoms with Crippen LogP contribution < -0.4 is 16.2 Å². The van der Waals surface area contributed by atoms with Gasteiger partial charge in [-0.25, -0.2) is 4.98 Å². The number of fused-ring (bicyclic) bond motifs is 1. The van der Waals surface area contributed by atoms with Gasteiger partial charge in [0.2, 0.25) is 17.7 Å². The second kappa shape index (κ2) is 9.51. The van der Waals surface area contributed by atoms with Crippen molar-refractivity contribution in [2.24, 2.45) is 0 Å². The molecular weight excluding hydrogens is 428 g/mol. The van der Waals surface area contributed by atoms with E-state index in [-0.39, 0.29) is 48.9 Å². The fourth-order valence-corrected chi connectivity index (χ4v) is 3.72. The number of carbonyl (C=O) groups is 4. The van der Waals surface area contributed by atoms with Crippen molar-refractivity contribution in [2.45, 2.75) is 71.4 Å². The Morgan fingerprint density at radius 2 is 1.94 bits per heavy atom. The number of hydrogen-bond acceptors (Lipinski definition) is 7. The number of piperidine rings is 1. The summed E-state index contributed by atoms with van der Waals surface area (Å²) in [6, 6.07) is 4.01. The van der Waals surface area contributed by atoms with Crippen molar-refractivity contribution in [1.29, 1.82) is 0 Å². The third-order valence-corrected chi connectivity index (χ3v) is 5.11. The number of carbonyl (C=O) groups excluding carboxylic acids is 4. The molecule has 1 unspecified atom stereocenters. The van der Waals surface area contributed by atoms with Crippen molar-refractivity contribution in [3.8, 4) is 0 Å². The molecular formula is C23H28N4O6. The smallest absolute Gasteiger partial charge is 0.306 e. The van der Waals surface area contributed by atoms with Gasteiger partial charge in [0.15, 0.2) is 0 Å². The molecule has 3 rings (SSSR count). The number of imide groups is 1. The average molecular weight is 456 g/mol. The Balaban J connectivity index is 1.77. The zero-order chi connectivity index (χ0) is 24.3. The van der Waals surface area contributed by atoms with Crippen molar-refractivity contribution >= 4 is 40.3 Å². The lowest BCUT2D eigenvalue weighted by Gasteiger charge is -2.24. The summed E-state index contributed by atoms with van der Waals surface area (Å²) in [5.74, 6) is -1.29. The van der Waals surface area contributed by atoms with E-state index in [9.17, 15) is 24.0 Å². The lowest BCUT2D eigenvalue weighted by atomic mass is 10.1. The van der Waals surface area contributed by atoms with Crippen LogP contribution in [0.25, 0.3) is 10.9 Å². The molecule has 33 heavy (non-hydrogen) atoms. The van der Waals surface area contributed by atoms with E-state index in [4.69, 9.17) is 4.74 Å². The molecule has 10 heteroatoms. The van der Waals surface area contributed by atoms with Crippen LogP contribution in [0.1, 0.15) is 64.7 Å². The third kappa shape index (κ3) is 5.82. The van der Waals surface area contributed by atoms with E-state index in [1.807, 2.05) is 0 Å². The second-order valence-electron chi connectivity index (χ2n) is 8.99. The van der Waals surface area contributed by atoms with Gasteiger partial charge in [0, 0.05) is 19.3 Å². The first kappa shape index (κ1) is 24.1. The molecule has 1 aromatic heterocycles. The highest BCUT2D eigenvalue weighted by Crippen LogP contribution is 2.23. The lowest BCUT2D eigenvalue weighted by molar-refractivity contribution is -0.155. The van der Waals surface area contributed by atoms with Crippen molar-refractivity contribution in [2.75, 3.05) is 5.32 Å². The van der Waals surface area contributed by atoms with E-state index in [1.165, 1.54) is 4.57 Å².